The Morgan fingerprint density at radius 1 is 1.47 bits per heavy atom. The molecule has 0 spiro atoms. The second-order valence-electron chi connectivity index (χ2n) is 4.48. The van der Waals surface area contributed by atoms with Crippen molar-refractivity contribution in [2.75, 3.05) is 13.1 Å². The van der Waals surface area contributed by atoms with Gasteiger partial charge in [-0.25, -0.2) is 0 Å². The van der Waals surface area contributed by atoms with Gasteiger partial charge in [0.2, 0.25) is 0 Å². The predicted octanol–water partition coefficient (Wildman–Crippen LogP) is 2.11. The van der Waals surface area contributed by atoms with Gasteiger partial charge in [0.05, 0.1) is 5.56 Å². The molecule has 2 N–H and O–H groups in total. The van der Waals surface area contributed by atoms with Crippen molar-refractivity contribution >= 4 is 11.5 Å². The molecule has 1 aliphatic heterocycles. The third kappa shape index (κ3) is 3.68. The molecule has 0 atom stereocenters. The number of nitrogens with one attached hydrogen (secondary N) is 2. The summed E-state index contributed by atoms with van der Waals surface area (Å²) in [4.78, 5) is 16.1. The van der Waals surface area contributed by atoms with Gasteiger partial charge >= 0.3 is 0 Å². The van der Waals surface area contributed by atoms with Crippen LogP contribution in [0.5, 0.6) is 0 Å². The predicted molar refractivity (Wildman–Crippen MR) is 76.6 cm³/mol. The van der Waals surface area contributed by atoms with Gasteiger partial charge in [0, 0.05) is 37.2 Å². The van der Waals surface area contributed by atoms with E-state index in [0.717, 1.165) is 30.5 Å². The number of hydrogen-bond acceptors (Lipinski definition) is 3. The zero-order valence-corrected chi connectivity index (χ0v) is 11.1. The number of dihydropyridines is 1. The Labute approximate surface area is 113 Å². The fourth-order valence-corrected chi connectivity index (χ4v) is 1.85. The van der Waals surface area contributed by atoms with Gasteiger partial charge < -0.3 is 10.6 Å². The Kier molecular flexibility index (Phi) is 4.72. The standard InChI is InChI=1S/C15H19N3O/c1-2-3-7-18-15(19)14-8-13(10-17-11-14)12-5-4-6-16-9-12/h4-5,8-11,16H,2-3,6-7H2,1H3,(H,18,19). The van der Waals surface area contributed by atoms with Crippen LogP contribution < -0.4 is 10.6 Å². The van der Waals surface area contributed by atoms with Gasteiger partial charge in [-0.2, -0.15) is 0 Å². The van der Waals surface area contributed by atoms with Crippen LogP contribution in [0.3, 0.4) is 0 Å². The molecule has 19 heavy (non-hydrogen) atoms. The molecule has 0 saturated carbocycles. The highest BCUT2D eigenvalue weighted by Gasteiger charge is 2.08. The molecule has 1 aromatic heterocycles. The van der Waals surface area contributed by atoms with Gasteiger partial charge in [-0.1, -0.05) is 25.5 Å². The van der Waals surface area contributed by atoms with E-state index in [1.54, 1.807) is 12.4 Å². The molecular weight excluding hydrogens is 238 g/mol. The van der Waals surface area contributed by atoms with Crippen LogP contribution in [0.15, 0.2) is 36.8 Å². The smallest absolute Gasteiger partial charge is 0.252 e. The van der Waals surface area contributed by atoms with Gasteiger partial charge in [-0.15, -0.1) is 0 Å². The Balaban J connectivity index is 2.08. The van der Waals surface area contributed by atoms with E-state index in [2.05, 4.69) is 22.5 Å². The van der Waals surface area contributed by atoms with E-state index in [9.17, 15) is 4.79 Å². The summed E-state index contributed by atoms with van der Waals surface area (Å²) in [5, 5.41) is 6.04. The fraction of sp³-hybridized carbons (Fsp3) is 0.333. The largest absolute Gasteiger partial charge is 0.387 e. The van der Waals surface area contributed by atoms with E-state index in [1.165, 1.54) is 0 Å². The Morgan fingerprint density at radius 2 is 2.37 bits per heavy atom. The molecule has 0 unspecified atom stereocenters. The number of rotatable bonds is 5. The van der Waals surface area contributed by atoms with Gasteiger partial charge in [0.1, 0.15) is 0 Å². The van der Waals surface area contributed by atoms with Gasteiger partial charge in [-0.3, -0.25) is 9.78 Å². The molecule has 0 saturated heterocycles. The maximum atomic E-state index is 12.0. The summed E-state index contributed by atoms with van der Waals surface area (Å²) in [7, 11) is 0. The van der Waals surface area contributed by atoms with Crippen LogP contribution in [-0.4, -0.2) is 24.0 Å². The lowest BCUT2D eigenvalue weighted by atomic mass is 10.1. The lowest BCUT2D eigenvalue weighted by Gasteiger charge is -2.10. The number of nitrogens with zero attached hydrogens (tertiary/aromatic N) is 1. The monoisotopic (exact) mass is 257 g/mol. The summed E-state index contributed by atoms with van der Waals surface area (Å²) in [5.41, 5.74) is 2.60. The molecule has 0 bridgehead atoms. The van der Waals surface area contributed by atoms with Crippen LogP contribution in [0.2, 0.25) is 0 Å². The van der Waals surface area contributed by atoms with Crippen molar-refractivity contribution in [3.63, 3.8) is 0 Å². The summed E-state index contributed by atoms with van der Waals surface area (Å²) in [6, 6.07) is 1.87. The normalized spacial score (nSPS) is 13.6. The number of carbonyl (C=O) groups excluding carboxylic acids is 1. The number of pyridine rings is 1. The van der Waals surface area contributed by atoms with Crippen molar-refractivity contribution in [2.24, 2.45) is 0 Å². The molecule has 0 radical (unpaired) electrons. The molecule has 2 rings (SSSR count). The summed E-state index contributed by atoms with van der Waals surface area (Å²) >= 11 is 0. The first-order chi connectivity index (χ1) is 9.31. The quantitative estimate of drug-likeness (QED) is 0.794. The Hall–Kier alpha value is -2.10. The molecule has 1 aromatic rings. The van der Waals surface area contributed by atoms with Crippen molar-refractivity contribution < 1.29 is 4.79 Å². The maximum absolute atomic E-state index is 12.0. The molecule has 1 aliphatic rings. The number of carbonyl (C=O) groups is 1. The Morgan fingerprint density at radius 3 is 3.11 bits per heavy atom. The SMILES string of the molecule is CCCCNC(=O)c1cncc(C2=CNCC=C2)c1. The minimum atomic E-state index is -0.0591. The highest BCUT2D eigenvalue weighted by Crippen LogP contribution is 2.17. The molecule has 100 valence electrons. The number of allylic oxidation sites excluding steroid dienone is 2. The first-order valence-corrected chi connectivity index (χ1v) is 6.65. The second-order valence-corrected chi connectivity index (χ2v) is 4.48. The van der Waals surface area contributed by atoms with Gasteiger partial charge in [0.25, 0.3) is 5.91 Å². The summed E-state index contributed by atoms with van der Waals surface area (Å²) in [6.07, 6.45) is 11.5. The number of amides is 1. The van der Waals surface area contributed by atoms with E-state index < -0.39 is 0 Å². The molecule has 2 heterocycles. The third-order valence-electron chi connectivity index (χ3n) is 2.94. The molecular formula is C15H19N3O. The van der Waals surface area contributed by atoms with Crippen LogP contribution in [0.1, 0.15) is 35.7 Å². The average molecular weight is 257 g/mol. The fourth-order valence-electron chi connectivity index (χ4n) is 1.85. The van der Waals surface area contributed by atoms with Crippen molar-refractivity contribution in [3.05, 3.63) is 47.9 Å². The first-order valence-electron chi connectivity index (χ1n) is 6.65. The summed E-state index contributed by atoms with van der Waals surface area (Å²) in [6.45, 7) is 3.65. The van der Waals surface area contributed by atoms with E-state index in [1.807, 2.05) is 24.4 Å². The highest BCUT2D eigenvalue weighted by atomic mass is 16.1. The average Bonchev–Trinajstić information content (AvgIpc) is 2.48. The Bertz CT molecular complexity index is 506. The summed E-state index contributed by atoms with van der Waals surface area (Å²) in [5.74, 6) is -0.0591. The minimum Gasteiger partial charge on any atom is -0.387 e. The highest BCUT2D eigenvalue weighted by molar-refractivity contribution is 5.95. The van der Waals surface area contributed by atoms with Crippen molar-refractivity contribution in [2.45, 2.75) is 19.8 Å². The number of hydrogen-bond donors (Lipinski definition) is 2. The minimum absolute atomic E-state index is 0.0591. The van der Waals surface area contributed by atoms with Crippen LogP contribution in [0, 0.1) is 0 Å². The lowest BCUT2D eigenvalue weighted by molar-refractivity contribution is 0.0953. The van der Waals surface area contributed by atoms with E-state index in [-0.39, 0.29) is 5.91 Å². The molecule has 0 aliphatic carbocycles. The molecule has 4 nitrogen and oxygen atoms in total. The van der Waals surface area contributed by atoms with Crippen LogP contribution >= 0.6 is 0 Å². The second kappa shape index (κ2) is 6.73. The van der Waals surface area contributed by atoms with E-state index in [4.69, 9.17) is 0 Å². The van der Waals surface area contributed by atoms with Crippen LogP contribution in [0.4, 0.5) is 0 Å². The van der Waals surface area contributed by atoms with Crippen molar-refractivity contribution in [1.82, 2.24) is 15.6 Å². The number of unbranched alkanes of at least 4 members (excludes halogenated alkanes) is 1. The van der Waals surface area contributed by atoms with Crippen molar-refractivity contribution in [1.29, 1.82) is 0 Å². The van der Waals surface area contributed by atoms with E-state index in [0.29, 0.717) is 12.1 Å². The molecule has 4 heteroatoms. The maximum Gasteiger partial charge on any atom is 0.252 e. The van der Waals surface area contributed by atoms with Gasteiger partial charge in [0.15, 0.2) is 0 Å². The lowest BCUT2D eigenvalue weighted by Crippen LogP contribution is -2.24. The number of aromatic nitrogens is 1. The van der Waals surface area contributed by atoms with Crippen LogP contribution in [0.25, 0.3) is 5.57 Å². The van der Waals surface area contributed by atoms with Crippen LogP contribution in [-0.2, 0) is 0 Å². The van der Waals surface area contributed by atoms with Gasteiger partial charge in [-0.05, 0) is 18.1 Å². The molecule has 0 fully saturated rings. The zero-order valence-electron chi connectivity index (χ0n) is 11.1. The van der Waals surface area contributed by atoms with Crippen molar-refractivity contribution in [3.8, 4) is 0 Å². The third-order valence-corrected chi connectivity index (χ3v) is 2.94. The van der Waals surface area contributed by atoms with E-state index >= 15 is 0 Å². The zero-order chi connectivity index (χ0) is 13.5. The first kappa shape index (κ1) is 13.3. The topological polar surface area (TPSA) is 54.0 Å². The molecule has 0 aromatic carbocycles. The summed E-state index contributed by atoms with van der Waals surface area (Å²) < 4.78 is 0. The molecule has 1 amide bonds.